The van der Waals surface area contributed by atoms with E-state index in [0.717, 1.165) is 22.2 Å². The van der Waals surface area contributed by atoms with Gasteiger partial charge in [-0.15, -0.1) is 0 Å². The minimum Gasteiger partial charge on any atom is -0.207 e. The Hall–Kier alpha value is -0.0400. The van der Waals surface area contributed by atoms with Gasteiger partial charge in [0, 0.05) is 17.6 Å². The second kappa shape index (κ2) is 7.11. The van der Waals surface area contributed by atoms with Crippen LogP contribution in [0.2, 0.25) is 0 Å². The quantitative estimate of drug-likeness (QED) is 0.773. The van der Waals surface area contributed by atoms with E-state index in [1.807, 2.05) is 32.2 Å². The maximum Gasteiger partial charge on any atom is 0.243 e. The number of hydrogen-bond donors (Lipinski definition) is 0. The molecule has 19 heavy (non-hydrogen) atoms. The number of rotatable bonds is 6. The van der Waals surface area contributed by atoms with Crippen molar-refractivity contribution < 1.29 is 8.42 Å². The summed E-state index contributed by atoms with van der Waals surface area (Å²) in [6.45, 7) is 3.76. The Morgan fingerprint density at radius 3 is 2.63 bits per heavy atom. The molecule has 3 nitrogen and oxygen atoms in total. The molecule has 1 aromatic rings. The summed E-state index contributed by atoms with van der Waals surface area (Å²) in [5, 5.41) is 0. The molecule has 0 aliphatic carbocycles. The molecule has 0 fully saturated rings. The molecule has 0 N–H and O–H groups in total. The number of hydrogen-bond acceptors (Lipinski definition) is 3. The standard InChI is InChI=1S/C13H20BrNO2S2/c1-10-5-6-12(14)9-13(10)19(16,17)15(3)11(2)7-8-18-4/h5-6,9,11H,7-8H2,1-4H3. The Morgan fingerprint density at radius 2 is 2.05 bits per heavy atom. The zero-order chi connectivity index (χ0) is 14.6. The molecule has 6 heteroatoms. The molecule has 108 valence electrons. The van der Waals surface area contributed by atoms with Crippen LogP contribution >= 0.6 is 27.7 Å². The number of thioether (sulfide) groups is 1. The van der Waals surface area contributed by atoms with Gasteiger partial charge < -0.3 is 0 Å². The van der Waals surface area contributed by atoms with Crippen molar-refractivity contribution in [3.05, 3.63) is 28.2 Å². The molecule has 0 saturated carbocycles. The van der Waals surface area contributed by atoms with Gasteiger partial charge in [0.15, 0.2) is 0 Å². The Balaban J connectivity index is 3.06. The lowest BCUT2D eigenvalue weighted by atomic mass is 10.2. The highest BCUT2D eigenvalue weighted by atomic mass is 79.9. The monoisotopic (exact) mass is 365 g/mol. The summed E-state index contributed by atoms with van der Waals surface area (Å²) in [6.07, 6.45) is 2.88. The predicted octanol–water partition coefficient (Wildman–Crippen LogP) is 3.52. The molecule has 0 saturated heterocycles. The Bertz CT molecular complexity index is 531. The molecule has 1 aromatic carbocycles. The predicted molar refractivity (Wildman–Crippen MR) is 86.3 cm³/mol. The van der Waals surface area contributed by atoms with Crippen molar-refractivity contribution >= 4 is 37.7 Å². The third kappa shape index (κ3) is 4.21. The van der Waals surface area contributed by atoms with E-state index < -0.39 is 10.0 Å². The van der Waals surface area contributed by atoms with E-state index in [-0.39, 0.29) is 6.04 Å². The maximum atomic E-state index is 12.6. The van der Waals surface area contributed by atoms with Crippen LogP contribution in [0.25, 0.3) is 0 Å². The minimum atomic E-state index is -3.43. The van der Waals surface area contributed by atoms with Crippen molar-refractivity contribution in [1.29, 1.82) is 0 Å². The van der Waals surface area contributed by atoms with Gasteiger partial charge in [-0.25, -0.2) is 8.42 Å². The van der Waals surface area contributed by atoms with Gasteiger partial charge in [0.05, 0.1) is 4.90 Å². The molecule has 0 aliphatic heterocycles. The van der Waals surface area contributed by atoms with Crippen LogP contribution in [0.3, 0.4) is 0 Å². The lowest BCUT2D eigenvalue weighted by molar-refractivity contribution is 0.382. The molecule has 0 amide bonds. The summed E-state index contributed by atoms with van der Waals surface area (Å²) in [4.78, 5) is 0.375. The van der Waals surface area contributed by atoms with Gasteiger partial charge in [-0.05, 0) is 50.0 Å². The largest absolute Gasteiger partial charge is 0.243 e. The normalized spacial score (nSPS) is 13.8. The van der Waals surface area contributed by atoms with E-state index in [2.05, 4.69) is 15.9 Å². The van der Waals surface area contributed by atoms with Crippen LogP contribution < -0.4 is 0 Å². The number of nitrogens with zero attached hydrogens (tertiary/aromatic N) is 1. The second-order valence-corrected chi connectivity index (χ2v) is 8.43. The van der Waals surface area contributed by atoms with Gasteiger partial charge in [0.2, 0.25) is 10.0 Å². The zero-order valence-electron chi connectivity index (χ0n) is 11.7. The fraction of sp³-hybridized carbons (Fsp3) is 0.538. The van der Waals surface area contributed by atoms with Crippen LogP contribution in [0.1, 0.15) is 18.9 Å². The first-order chi connectivity index (χ1) is 8.80. The topological polar surface area (TPSA) is 37.4 Å². The summed E-state index contributed by atoms with van der Waals surface area (Å²) in [7, 11) is -1.77. The molecule has 0 aromatic heterocycles. The summed E-state index contributed by atoms with van der Waals surface area (Å²) in [5.74, 6) is 0.957. The number of benzene rings is 1. The van der Waals surface area contributed by atoms with Crippen LogP contribution in [-0.2, 0) is 10.0 Å². The molecule has 0 heterocycles. The summed E-state index contributed by atoms with van der Waals surface area (Å²) < 4.78 is 27.5. The highest BCUT2D eigenvalue weighted by molar-refractivity contribution is 9.10. The van der Waals surface area contributed by atoms with E-state index in [1.54, 1.807) is 24.9 Å². The lowest BCUT2D eigenvalue weighted by Crippen LogP contribution is -2.35. The molecule has 0 radical (unpaired) electrons. The molecule has 1 unspecified atom stereocenters. The van der Waals surface area contributed by atoms with Gasteiger partial charge >= 0.3 is 0 Å². The van der Waals surface area contributed by atoms with Gasteiger partial charge in [-0.3, -0.25) is 0 Å². The first kappa shape index (κ1) is 17.0. The molecule has 0 spiro atoms. The minimum absolute atomic E-state index is 0.00386. The van der Waals surface area contributed by atoms with Gasteiger partial charge in [0.1, 0.15) is 0 Å². The third-order valence-corrected chi connectivity index (χ3v) is 6.42. The van der Waals surface area contributed by atoms with Crippen molar-refractivity contribution in [1.82, 2.24) is 4.31 Å². The van der Waals surface area contributed by atoms with E-state index in [9.17, 15) is 8.42 Å². The molecule has 1 rings (SSSR count). The van der Waals surface area contributed by atoms with Crippen molar-refractivity contribution in [3.8, 4) is 0 Å². The van der Waals surface area contributed by atoms with E-state index >= 15 is 0 Å². The van der Waals surface area contributed by atoms with Crippen molar-refractivity contribution in [2.75, 3.05) is 19.1 Å². The van der Waals surface area contributed by atoms with E-state index in [1.165, 1.54) is 4.31 Å². The third-order valence-electron chi connectivity index (χ3n) is 3.17. The summed E-state index contributed by atoms with van der Waals surface area (Å²) in [6, 6.07) is 5.33. The highest BCUT2D eigenvalue weighted by Crippen LogP contribution is 2.25. The van der Waals surface area contributed by atoms with Crippen molar-refractivity contribution in [2.24, 2.45) is 0 Å². The van der Waals surface area contributed by atoms with E-state index in [4.69, 9.17) is 0 Å². The molecular formula is C13H20BrNO2S2. The number of aryl methyl sites for hydroxylation is 1. The fourth-order valence-electron chi connectivity index (χ4n) is 1.71. The molecule has 0 bridgehead atoms. The lowest BCUT2D eigenvalue weighted by Gasteiger charge is -2.25. The average Bonchev–Trinajstić information content (AvgIpc) is 2.37. The fourth-order valence-corrected chi connectivity index (χ4v) is 4.44. The Morgan fingerprint density at radius 1 is 1.42 bits per heavy atom. The summed E-state index contributed by atoms with van der Waals surface area (Å²) >= 11 is 5.06. The van der Waals surface area contributed by atoms with Crippen LogP contribution in [0.15, 0.2) is 27.6 Å². The van der Waals surface area contributed by atoms with Crippen molar-refractivity contribution in [2.45, 2.75) is 31.2 Å². The first-order valence-electron chi connectivity index (χ1n) is 6.03. The Labute approximate surface area is 128 Å². The SMILES string of the molecule is CSCCC(C)N(C)S(=O)(=O)c1cc(Br)ccc1C. The van der Waals surface area contributed by atoms with Crippen LogP contribution in [0.5, 0.6) is 0 Å². The smallest absolute Gasteiger partial charge is 0.207 e. The van der Waals surface area contributed by atoms with Crippen LogP contribution in [0, 0.1) is 6.92 Å². The van der Waals surface area contributed by atoms with Crippen molar-refractivity contribution in [3.63, 3.8) is 0 Å². The molecule has 0 aliphatic rings. The first-order valence-corrected chi connectivity index (χ1v) is 9.66. The number of sulfonamides is 1. The van der Waals surface area contributed by atoms with Crippen LogP contribution in [0.4, 0.5) is 0 Å². The van der Waals surface area contributed by atoms with Gasteiger partial charge in [-0.1, -0.05) is 22.0 Å². The number of halogens is 1. The van der Waals surface area contributed by atoms with E-state index in [0.29, 0.717) is 4.90 Å². The second-order valence-electron chi connectivity index (χ2n) is 4.56. The summed E-state index contributed by atoms with van der Waals surface area (Å²) in [5.41, 5.74) is 0.770. The van der Waals surface area contributed by atoms with Gasteiger partial charge in [0.25, 0.3) is 0 Å². The van der Waals surface area contributed by atoms with Gasteiger partial charge in [-0.2, -0.15) is 16.1 Å². The average molecular weight is 366 g/mol. The maximum absolute atomic E-state index is 12.6. The molecular weight excluding hydrogens is 346 g/mol. The molecule has 1 atom stereocenters. The highest BCUT2D eigenvalue weighted by Gasteiger charge is 2.26. The Kier molecular flexibility index (Phi) is 6.36. The van der Waals surface area contributed by atoms with Crippen LogP contribution in [-0.4, -0.2) is 37.8 Å². The zero-order valence-corrected chi connectivity index (χ0v) is 14.9.